The molecule has 1 saturated heterocycles. The molecule has 1 unspecified atom stereocenters. The van der Waals surface area contributed by atoms with Gasteiger partial charge in [-0.2, -0.15) is 0 Å². The number of H-pyrrole nitrogens is 1. The number of hydrogen-bond donors (Lipinski definition) is 4. The number of benzene rings is 1. The SMILES string of the molecule is NS(=O)(=O)c1ccc(CN2CCCC(O)C2)c(Nc2ncnc3nc[nH]c23)c1. The van der Waals surface area contributed by atoms with Crippen LogP contribution in [0.1, 0.15) is 18.4 Å². The van der Waals surface area contributed by atoms with Crippen molar-refractivity contribution in [3.8, 4) is 0 Å². The number of aromatic nitrogens is 4. The largest absolute Gasteiger partial charge is 0.392 e. The van der Waals surface area contributed by atoms with Crippen molar-refractivity contribution < 1.29 is 13.5 Å². The van der Waals surface area contributed by atoms with Crippen LogP contribution in [0.25, 0.3) is 11.2 Å². The molecule has 1 fully saturated rings. The molecule has 1 aromatic carbocycles. The van der Waals surface area contributed by atoms with Crippen LogP contribution in [0, 0.1) is 0 Å². The van der Waals surface area contributed by atoms with Gasteiger partial charge in [0, 0.05) is 18.8 Å². The van der Waals surface area contributed by atoms with Gasteiger partial charge < -0.3 is 15.4 Å². The number of fused-ring (bicyclic) bond motifs is 1. The Morgan fingerprint density at radius 2 is 2.18 bits per heavy atom. The molecular formula is C17H21N7O3S. The maximum atomic E-state index is 11.8. The van der Waals surface area contributed by atoms with Crippen LogP contribution in [-0.2, 0) is 16.6 Å². The summed E-state index contributed by atoms with van der Waals surface area (Å²) in [4.78, 5) is 17.5. The molecule has 2 aromatic heterocycles. The van der Waals surface area contributed by atoms with E-state index in [0.29, 0.717) is 35.8 Å². The average Bonchev–Trinajstić information content (AvgIpc) is 3.12. The maximum Gasteiger partial charge on any atom is 0.238 e. The van der Waals surface area contributed by atoms with Crippen molar-refractivity contribution in [2.45, 2.75) is 30.4 Å². The standard InChI is InChI=1S/C17H21N7O3S/c18-28(26,27)13-4-3-11(7-24-5-1-2-12(25)8-24)14(6-13)23-17-15-16(20-9-19-15)21-10-22-17/h3-4,6,9-10,12,25H,1-2,5,7-8H2,(H2,18,26,27)(H2,19,20,21,22,23). The Bertz CT molecular complexity index is 1100. The average molecular weight is 403 g/mol. The monoisotopic (exact) mass is 403 g/mol. The highest BCUT2D eigenvalue weighted by Gasteiger charge is 2.20. The third kappa shape index (κ3) is 3.97. The molecule has 3 heterocycles. The number of nitrogens with zero attached hydrogens (tertiary/aromatic N) is 4. The summed E-state index contributed by atoms with van der Waals surface area (Å²) in [6.45, 7) is 2.00. The molecule has 0 radical (unpaired) electrons. The van der Waals surface area contributed by atoms with E-state index in [1.807, 2.05) is 0 Å². The number of piperidine rings is 1. The van der Waals surface area contributed by atoms with E-state index in [2.05, 4.69) is 30.2 Å². The van der Waals surface area contributed by atoms with Crippen LogP contribution >= 0.6 is 0 Å². The second-order valence-electron chi connectivity index (χ2n) is 6.84. The van der Waals surface area contributed by atoms with Crippen LogP contribution in [0.4, 0.5) is 11.5 Å². The molecule has 1 atom stereocenters. The molecule has 1 aliphatic rings. The molecule has 0 aliphatic carbocycles. The van der Waals surface area contributed by atoms with E-state index in [0.717, 1.165) is 24.9 Å². The van der Waals surface area contributed by atoms with Gasteiger partial charge >= 0.3 is 0 Å². The Labute approximate surface area is 161 Å². The van der Waals surface area contributed by atoms with E-state index in [4.69, 9.17) is 5.14 Å². The highest BCUT2D eigenvalue weighted by molar-refractivity contribution is 7.89. The summed E-state index contributed by atoms with van der Waals surface area (Å²) in [6.07, 6.45) is 4.27. The maximum absolute atomic E-state index is 11.8. The highest BCUT2D eigenvalue weighted by Crippen LogP contribution is 2.27. The lowest BCUT2D eigenvalue weighted by atomic mass is 10.1. The Morgan fingerprint density at radius 3 is 2.96 bits per heavy atom. The molecule has 1 aliphatic heterocycles. The minimum absolute atomic E-state index is 0.00680. The van der Waals surface area contributed by atoms with E-state index < -0.39 is 10.0 Å². The van der Waals surface area contributed by atoms with Gasteiger partial charge in [0.25, 0.3) is 0 Å². The number of β-amino-alcohol motifs (C(OH)–C–C–N with tert-alkyl or cyclic N) is 1. The summed E-state index contributed by atoms with van der Waals surface area (Å²) >= 11 is 0. The fourth-order valence-electron chi connectivity index (χ4n) is 3.39. The Morgan fingerprint density at radius 1 is 1.32 bits per heavy atom. The van der Waals surface area contributed by atoms with Crippen LogP contribution in [-0.4, -0.2) is 57.6 Å². The van der Waals surface area contributed by atoms with Crippen LogP contribution < -0.4 is 10.5 Å². The van der Waals surface area contributed by atoms with Gasteiger partial charge in [-0.3, -0.25) is 4.90 Å². The molecule has 0 amide bonds. The fraction of sp³-hybridized carbons (Fsp3) is 0.353. The van der Waals surface area contributed by atoms with Crippen LogP contribution in [0.15, 0.2) is 35.7 Å². The number of aliphatic hydroxyl groups is 1. The zero-order chi connectivity index (χ0) is 19.7. The van der Waals surface area contributed by atoms with Crippen molar-refractivity contribution in [2.75, 3.05) is 18.4 Å². The lowest BCUT2D eigenvalue weighted by Crippen LogP contribution is -2.37. The highest BCUT2D eigenvalue weighted by atomic mass is 32.2. The van der Waals surface area contributed by atoms with Gasteiger partial charge in [-0.25, -0.2) is 28.5 Å². The zero-order valence-electron chi connectivity index (χ0n) is 15.0. The molecular weight excluding hydrogens is 382 g/mol. The van der Waals surface area contributed by atoms with Crippen molar-refractivity contribution in [3.63, 3.8) is 0 Å². The van der Waals surface area contributed by atoms with Crippen molar-refractivity contribution in [2.24, 2.45) is 5.14 Å². The third-order valence-corrected chi connectivity index (χ3v) is 5.67. The number of anilines is 2. The number of hydrogen-bond acceptors (Lipinski definition) is 8. The minimum Gasteiger partial charge on any atom is -0.392 e. The van der Waals surface area contributed by atoms with E-state index in [1.165, 1.54) is 24.8 Å². The van der Waals surface area contributed by atoms with Crippen LogP contribution in [0.3, 0.4) is 0 Å². The lowest BCUT2D eigenvalue weighted by molar-refractivity contribution is 0.0669. The molecule has 0 bridgehead atoms. The molecule has 5 N–H and O–H groups in total. The molecule has 10 nitrogen and oxygen atoms in total. The van der Waals surface area contributed by atoms with E-state index >= 15 is 0 Å². The summed E-state index contributed by atoms with van der Waals surface area (Å²) in [5.41, 5.74) is 2.55. The number of aliphatic hydroxyl groups excluding tert-OH is 1. The third-order valence-electron chi connectivity index (χ3n) is 4.76. The number of nitrogens with one attached hydrogen (secondary N) is 2. The Kier molecular flexibility index (Phi) is 4.98. The van der Waals surface area contributed by atoms with Crippen molar-refractivity contribution in [1.82, 2.24) is 24.8 Å². The minimum atomic E-state index is -3.85. The molecule has 11 heteroatoms. The van der Waals surface area contributed by atoms with Gasteiger partial charge in [0.05, 0.1) is 17.3 Å². The summed E-state index contributed by atoms with van der Waals surface area (Å²) in [7, 11) is -3.85. The van der Waals surface area contributed by atoms with Gasteiger partial charge in [0.2, 0.25) is 10.0 Å². The first-order chi connectivity index (χ1) is 13.4. The Balaban J connectivity index is 1.71. The van der Waals surface area contributed by atoms with Gasteiger partial charge in [-0.1, -0.05) is 6.07 Å². The normalized spacial score (nSPS) is 18.4. The zero-order valence-corrected chi connectivity index (χ0v) is 15.9. The molecule has 28 heavy (non-hydrogen) atoms. The Hall–Kier alpha value is -2.60. The number of imidazole rings is 1. The summed E-state index contributed by atoms with van der Waals surface area (Å²) in [5, 5.41) is 18.4. The summed E-state index contributed by atoms with van der Waals surface area (Å²) in [5.74, 6) is 0.481. The second-order valence-corrected chi connectivity index (χ2v) is 8.40. The van der Waals surface area contributed by atoms with Gasteiger partial charge in [-0.05, 0) is 37.1 Å². The number of rotatable bonds is 5. The van der Waals surface area contributed by atoms with E-state index in [-0.39, 0.29) is 11.0 Å². The van der Waals surface area contributed by atoms with Crippen LogP contribution in [0.5, 0.6) is 0 Å². The van der Waals surface area contributed by atoms with E-state index in [9.17, 15) is 13.5 Å². The van der Waals surface area contributed by atoms with Crippen molar-refractivity contribution >= 4 is 32.7 Å². The predicted octanol–water partition coefficient (Wildman–Crippen LogP) is 0.701. The molecule has 0 spiro atoms. The first kappa shape index (κ1) is 18.7. The van der Waals surface area contributed by atoms with Gasteiger partial charge in [0.1, 0.15) is 11.8 Å². The second kappa shape index (κ2) is 7.43. The number of sulfonamides is 1. The number of nitrogens with two attached hydrogens (primary N) is 1. The summed E-state index contributed by atoms with van der Waals surface area (Å²) < 4.78 is 23.6. The summed E-state index contributed by atoms with van der Waals surface area (Å²) in [6, 6.07) is 4.71. The molecule has 3 aromatic rings. The molecule has 4 rings (SSSR count). The topological polar surface area (TPSA) is 150 Å². The first-order valence-corrected chi connectivity index (χ1v) is 10.4. The first-order valence-electron chi connectivity index (χ1n) is 8.87. The molecule has 148 valence electrons. The lowest BCUT2D eigenvalue weighted by Gasteiger charge is -2.30. The number of primary sulfonamides is 1. The van der Waals surface area contributed by atoms with Crippen molar-refractivity contribution in [3.05, 3.63) is 36.4 Å². The quantitative estimate of drug-likeness (QED) is 0.486. The number of aromatic amines is 1. The van der Waals surface area contributed by atoms with Gasteiger partial charge in [0.15, 0.2) is 11.5 Å². The van der Waals surface area contributed by atoms with Crippen LogP contribution in [0.2, 0.25) is 0 Å². The predicted molar refractivity (Wildman–Crippen MR) is 103 cm³/mol. The molecule has 0 saturated carbocycles. The number of likely N-dealkylation sites (tertiary alicyclic amines) is 1. The smallest absolute Gasteiger partial charge is 0.238 e. The van der Waals surface area contributed by atoms with Crippen molar-refractivity contribution in [1.29, 1.82) is 0 Å². The van der Waals surface area contributed by atoms with E-state index in [1.54, 1.807) is 6.07 Å². The van der Waals surface area contributed by atoms with Gasteiger partial charge in [-0.15, -0.1) is 0 Å². The fourth-order valence-corrected chi connectivity index (χ4v) is 3.93.